The smallest absolute Gasteiger partial charge is 0.0693 e. The van der Waals surface area contributed by atoms with Gasteiger partial charge in [-0.3, -0.25) is 0 Å². The van der Waals surface area contributed by atoms with Gasteiger partial charge in [-0.25, -0.2) is 0 Å². The van der Waals surface area contributed by atoms with Crippen LogP contribution in [0.3, 0.4) is 0 Å². The van der Waals surface area contributed by atoms with Crippen LogP contribution in [0, 0.1) is 0 Å². The summed E-state index contributed by atoms with van der Waals surface area (Å²) in [4.78, 5) is 0. The van der Waals surface area contributed by atoms with Crippen LogP contribution in [0.2, 0.25) is 0 Å². The molecule has 3 unspecified atom stereocenters. The van der Waals surface area contributed by atoms with E-state index < -0.39 is 0 Å². The van der Waals surface area contributed by atoms with Crippen LogP contribution in [-0.4, -0.2) is 46.3 Å². The van der Waals surface area contributed by atoms with E-state index >= 15 is 0 Å². The number of aliphatic hydroxyl groups excluding tert-OH is 1. The quantitative estimate of drug-likeness (QED) is 0.795. The van der Waals surface area contributed by atoms with Crippen LogP contribution in [0.5, 0.6) is 0 Å². The number of aliphatic hydroxyl groups is 1. The molecule has 3 atom stereocenters. The third kappa shape index (κ3) is 3.84. The normalized spacial score (nSPS) is 37.8. The van der Waals surface area contributed by atoms with E-state index in [1.165, 1.54) is 30.1 Å². The van der Waals surface area contributed by atoms with Crippen molar-refractivity contribution in [2.45, 2.75) is 43.1 Å². The number of hydrogen-bond acceptors (Lipinski definition) is 4. The van der Waals surface area contributed by atoms with E-state index in [0.717, 1.165) is 24.6 Å². The van der Waals surface area contributed by atoms with Crippen molar-refractivity contribution in [3.63, 3.8) is 0 Å². The maximum absolute atomic E-state index is 9.82. The Morgan fingerprint density at radius 3 is 2.80 bits per heavy atom. The molecule has 2 rings (SSSR count). The van der Waals surface area contributed by atoms with Gasteiger partial charge >= 0.3 is 0 Å². The fourth-order valence-electron chi connectivity index (χ4n) is 2.29. The van der Waals surface area contributed by atoms with E-state index in [-0.39, 0.29) is 6.10 Å². The average Bonchev–Trinajstić information content (AvgIpc) is 2.29. The lowest BCUT2D eigenvalue weighted by atomic mass is 9.92. The Morgan fingerprint density at radius 2 is 2.07 bits per heavy atom. The lowest BCUT2D eigenvalue weighted by Crippen LogP contribution is -2.45. The summed E-state index contributed by atoms with van der Waals surface area (Å²) in [5.74, 6) is 3.89. The van der Waals surface area contributed by atoms with Crippen molar-refractivity contribution in [2.75, 3.05) is 23.8 Å². The van der Waals surface area contributed by atoms with Crippen molar-refractivity contribution >= 4 is 23.5 Å². The third-order valence-corrected chi connectivity index (χ3v) is 6.07. The van der Waals surface area contributed by atoms with Gasteiger partial charge in [0.25, 0.3) is 0 Å². The second kappa shape index (κ2) is 6.38. The molecule has 2 aliphatic rings. The van der Waals surface area contributed by atoms with Gasteiger partial charge in [-0.15, -0.1) is 0 Å². The van der Waals surface area contributed by atoms with E-state index in [9.17, 15) is 5.11 Å². The lowest BCUT2D eigenvalue weighted by Gasteiger charge is -2.30. The Kier molecular flexibility index (Phi) is 5.14. The minimum Gasteiger partial charge on any atom is -0.392 e. The van der Waals surface area contributed by atoms with Crippen molar-refractivity contribution in [3.8, 4) is 0 Å². The minimum atomic E-state index is -0.0972. The molecule has 0 spiro atoms. The van der Waals surface area contributed by atoms with Gasteiger partial charge in [0.2, 0.25) is 0 Å². The van der Waals surface area contributed by atoms with Gasteiger partial charge in [-0.2, -0.15) is 23.5 Å². The number of hydrogen-bond donors (Lipinski definition) is 2. The first-order chi connectivity index (χ1) is 7.36. The molecule has 0 radical (unpaired) electrons. The van der Waals surface area contributed by atoms with Crippen molar-refractivity contribution < 1.29 is 5.11 Å². The molecular formula is C11H21NOS2. The molecule has 1 heterocycles. The van der Waals surface area contributed by atoms with Crippen LogP contribution in [0.25, 0.3) is 0 Å². The Balaban J connectivity index is 1.67. The van der Waals surface area contributed by atoms with Crippen molar-refractivity contribution in [2.24, 2.45) is 0 Å². The highest BCUT2D eigenvalue weighted by Gasteiger charge is 2.23. The molecule has 2 N–H and O–H groups in total. The highest BCUT2D eigenvalue weighted by molar-refractivity contribution is 8.06. The zero-order valence-corrected chi connectivity index (χ0v) is 10.8. The van der Waals surface area contributed by atoms with Crippen LogP contribution in [0.4, 0.5) is 0 Å². The molecule has 2 nitrogen and oxygen atoms in total. The average molecular weight is 247 g/mol. The maximum atomic E-state index is 9.82. The van der Waals surface area contributed by atoms with Gasteiger partial charge in [-0.05, 0) is 12.8 Å². The van der Waals surface area contributed by atoms with Gasteiger partial charge in [0.15, 0.2) is 0 Å². The summed E-state index contributed by atoms with van der Waals surface area (Å²) in [5.41, 5.74) is 0. The monoisotopic (exact) mass is 247 g/mol. The maximum Gasteiger partial charge on any atom is 0.0693 e. The zero-order chi connectivity index (χ0) is 10.5. The van der Waals surface area contributed by atoms with Gasteiger partial charge in [0.1, 0.15) is 0 Å². The van der Waals surface area contributed by atoms with E-state index in [2.05, 4.69) is 28.8 Å². The van der Waals surface area contributed by atoms with Crippen molar-refractivity contribution in [1.29, 1.82) is 0 Å². The second-order valence-electron chi connectivity index (χ2n) is 4.43. The number of nitrogens with one attached hydrogen (secondary N) is 1. The lowest BCUT2D eigenvalue weighted by molar-refractivity contribution is 0.0915. The Hall–Kier alpha value is 0.620. The predicted octanol–water partition coefficient (Wildman–Crippen LogP) is 1.73. The summed E-state index contributed by atoms with van der Waals surface area (Å²) in [5, 5.41) is 14.1. The summed E-state index contributed by atoms with van der Waals surface area (Å²) in [6.07, 6.45) is 4.53. The highest BCUT2D eigenvalue weighted by atomic mass is 32.2. The van der Waals surface area contributed by atoms with Gasteiger partial charge in [0.05, 0.1) is 6.10 Å². The van der Waals surface area contributed by atoms with Crippen LogP contribution in [0.1, 0.15) is 25.7 Å². The Morgan fingerprint density at radius 1 is 1.20 bits per heavy atom. The van der Waals surface area contributed by atoms with Crippen LogP contribution in [-0.2, 0) is 0 Å². The van der Waals surface area contributed by atoms with Crippen molar-refractivity contribution in [3.05, 3.63) is 0 Å². The summed E-state index contributed by atoms with van der Waals surface area (Å²) >= 11 is 4.16. The summed E-state index contributed by atoms with van der Waals surface area (Å²) in [7, 11) is 0. The van der Waals surface area contributed by atoms with Crippen LogP contribution >= 0.6 is 23.5 Å². The molecule has 1 aliphatic heterocycles. The fraction of sp³-hybridized carbons (Fsp3) is 1.00. The molecule has 2 fully saturated rings. The van der Waals surface area contributed by atoms with E-state index in [1.54, 1.807) is 0 Å². The largest absolute Gasteiger partial charge is 0.392 e. The standard InChI is InChI=1S/C11H21NOS2/c13-11-4-2-1-3-10(11)12-7-9-8-14-5-6-15-9/h9-13H,1-8H2. The molecule has 0 bridgehead atoms. The molecule has 0 aromatic rings. The fourth-order valence-corrected chi connectivity index (χ4v) is 4.91. The third-order valence-electron chi connectivity index (χ3n) is 3.22. The van der Waals surface area contributed by atoms with E-state index in [4.69, 9.17) is 0 Å². The second-order valence-corrected chi connectivity index (χ2v) is 6.99. The topological polar surface area (TPSA) is 32.3 Å². The summed E-state index contributed by atoms with van der Waals surface area (Å²) < 4.78 is 0. The Labute approximate surface area is 101 Å². The number of rotatable bonds is 3. The SMILES string of the molecule is OC1CCCCC1NCC1CSCCS1. The molecule has 0 aromatic carbocycles. The molecule has 1 aliphatic carbocycles. The van der Waals surface area contributed by atoms with Crippen LogP contribution in [0.15, 0.2) is 0 Å². The highest BCUT2D eigenvalue weighted by Crippen LogP contribution is 2.24. The molecule has 0 amide bonds. The van der Waals surface area contributed by atoms with E-state index in [0.29, 0.717) is 6.04 Å². The van der Waals surface area contributed by atoms with E-state index in [1.807, 2.05) is 0 Å². The molecular weight excluding hydrogens is 226 g/mol. The van der Waals surface area contributed by atoms with Gasteiger partial charge < -0.3 is 10.4 Å². The first kappa shape index (κ1) is 12.1. The minimum absolute atomic E-state index is 0.0972. The molecule has 1 saturated heterocycles. The summed E-state index contributed by atoms with van der Waals surface area (Å²) in [6.45, 7) is 1.08. The van der Waals surface area contributed by atoms with Crippen LogP contribution < -0.4 is 5.32 Å². The first-order valence-corrected chi connectivity index (χ1v) is 8.17. The van der Waals surface area contributed by atoms with Gasteiger partial charge in [-0.1, -0.05) is 12.8 Å². The predicted molar refractivity (Wildman–Crippen MR) is 69.8 cm³/mol. The first-order valence-electron chi connectivity index (χ1n) is 5.97. The summed E-state index contributed by atoms with van der Waals surface area (Å²) in [6, 6.07) is 0.367. The number of thioether (sulfide) groups is 2. The molecule has 15 heavy (non-hydrogen) atoms. The zero-order valence-electron chi connectivity index (χ0n) is 9.15. The molecule has 1 saturated carbocycles. The molecule has 4 heteroatoms. The van der Waals surface area contributed by atoms with Crippen molar-refractivity contribution in [1.82, 2.24) is 5.32 Å². The molecule has 88 valence electrons. The Bertz CT molecular complexity index is 185. The molecule has 0 aromatic heterocycles. The van der Waals surface area contributed by atoms with Gasteiger partial charge in [0, 0.05) is 35.1 Å².